The van der Waals surface area contributed by atoms with Crippen molar-refractivity contribution in [3.8, 4) is 0 Å². The number of nitrogen functional groups attached to an aromatic ring is 1. The van der Waals surface area contributed by atoms with Gasteiger partial charge in [-0.15, -0.1) is 10.2 Å². The van der Waals surface area contributed by atoms with Gasteiger partial charge in [-0.2, -0.15) is 4.98 Å². The molecule has 2 aliphatic rings. The first-order valence-corrected chi connectivity index (χ1v) is 8.03. The first-order valence-electron chi connectivity index (χ1n) is 7.65. The maximum absolute atomic E-state index is 6.00. The third kappa shape index (κ3) is 2.61. The summed E-state index contributed by atoms with van der Waals surface area (Å²) in [6, 6.07) is 2.37. The van der Waals surface area contributed by atoms with Gasteiger partial charge in [0.1, 0.15) is 23.1 Å². The zero-order valence-electron chi connectivity index (χ0n) is 12.2. The van der Waals surface area contributed by atoms with E-state index in [9.17, 15) is 0 Å². The maximum Gasteiger partial charge on any atom is 0.223 e. The summed E-state index contributed by atoms with van der Waals surface area (Å²) in [6.07, 6.45) is 6.55. The normalized spacial score (nSPS) is 22.0. The van der Waals surface area contributed by atoms with E-state index < -0.39 is 0 Å². The van der Waals surface area contributed by atoms with E-state index in [2.05, 4.69) is 29.6 Å². The van der Waals surface area contributed by atoms with Crippen LogP contribution in [0.3, 0.4) is 0 Å². The van der Waals surface area contributed by atoms with Crippen LogP contribution in [0.25, 0.3) is 0 Å². The second kappa shape index (κ2) is 5.39. The average Bonchev–Trinajstić information content (AvgIpc) is 3.23. The van der Waals surface area contributed by atoms with Gasteiger partial charge in [0.2, 0.25) is 5.95 Å². The van der Waals surface area contributed by atoms with Crippen LogP contribution >= 0.6 is 11.6 Å². The summed E-state index contributed by atoms with van der Waals surface area (Å²) < 4.78 is 2.25. The van der Waals surface area contributed by atoms with E-state index in [-0.39, 0.29) is 5.95 Å². The highest BCUT2D eigenvalue weighted by atomic mass is 35.5. The van der Waals surface area contributed by atoms with Gasteiger partial charge in [0, 0.05) is 31.1 Å². The zero-order valence-corrected chi connectivity index (χ0v) is 12.9. The fraction of sp³-hybridized carbons (Fsp3) is 0.571. The molecule has 2 fully saturated rings. The first kappa shape index (κ1) is 13.8. The van der Waals surface area contributed by atoms with Crippen molar-refractivity contribution in [2.45, 2.75) is 37.6 Å². The molecule has 22 heavy (non-hydrogen) atoms. The molecule has 1 unspecified atom stereocenters. The summed E-state index contributed by atoms with van der Waals surface area (Å²) in [4.78, 5) is 10.4. The van der Waals surface area contributed by atoms with Gasteiger partial charge in [0.05, 0.1) is 0 Å². The van der Waals surface area contributed by atoms with Crippen molar-refractivity contribution < 1.29 is 0 Å². The molecule has 116 valence electrons. The van der Waals surface area contributed by atoms with Crippen molar-refractivity contribution in [1.29, 1.82) is 0 Å². The van der Waals surface area contributed by atoms with Crippen LogP contribution in [-0.2, 0) is 0 Å². The van der Waals surface area contributed by atoms with Gasteiger partial charge >= 0.3 is 0 Å². The Morgan fingerprint density at radius 1 is 1.23 bits per heavy atom. The molecular formula is C14H18ClN7. The summed E-state index contributed by atoms with van der Waals surface area (Å²) in [7, 11) is 0. The van der Waals surface area contributed by atoms with Gasteiger partial charge in [-0.05, 0) is 25.7 Å². The predicted octanol–water partition coefficient (Wildman–Crippen LogP) is 2.02. The number of anilines is 2. The monoisotopic (exact) mass is 319 g/mol. The Balaban J connectivity index is 1.57. The molecule has 0 bridgehead atoms. The van der Waals surface area contributed by atoms with Crippen molar-refractivity contribution in [1.82, 2.24) is 24.7 Å². The lowest BCUT2D eigenvalue weighted by molar-refractivity contribution is 0.469. The highest BCUT2D eigenvalue weighted by molar-refractivity contribution is 6.29. The molecule has 1 aliphatic heterocycles. The van der Waals surface area contributed by atoms with E-state index >= 15 is 0 Å². The quantitative estimate of drug-likeness (QED) is 0.871. The molecule has 1 aliphatic carbocycles. The molecule has 7 nitrogen and oxygen atoms in total. The molecule has 2 N–H and O–H groups in total. The summed E-state index contributed by atoms with van der Waals surface area (Å²) in [5, 5.41) is 8.86. The molecule has 2 aromatic rings. The number of halogens is 1. The van der Waals surface area contributed by atoms with Crippen molar-refractivity contribution in [3.63, 3.8) is 0 Å². The van der Waals surface area contributed by atoms with Crippen molar-refractivity contribution in [2.75, 3.05) is 23.7 Å². The van der Waals surface area contributed by atoms with Crippen LogP contribution in [-0.4, -0.2) is 37.8 Å². The highest BCUT2D eigenvalue weighted by Crippen LogP contribution is 2.38. The number of nitrogens with zero attached hydrogens (tertiary/aromatic N) is 6. The summed E-state index contributed by atoms with van der Waals surface area (Å²) in [5.41, 5.74) is 5.71. The molecule has 8 heteroatoms. The Hall–Kier alpha value is -1.89. The molecule has 0 radical (unpaired) electrons. The van der Waals surface area contributed by atoms with Gasteiger partial charge in [0.25, 0.3) is 0 Å². The van der Waals surface area contributed by atoms with Crippen LogP contribution in [0.4, 0.5) is 11.8 Å². The molecule has 0 amide bonds. The number of hydrogen-bond acceptors (Lipinski definition) is 6. The SMILES string of the molecule is Nc1nc(Cl)cc(N2CCCC(c3nncn3C3CC3)C2)n1. The van der Waals surface area contributed by atoms with Crippen LogP contribution in [0.15, 0.2) is 12.4 Å². The van der Waals surface area contributed by atoms with E-state index in [1.807, 2.05) is 6.33 Å². The molecule has 1 saturated carbocycles. The Labute approximate surface area is 133 Å². The molecule has 4 rings (SSSR count). The van der Waals surface area contributed by atoms with E-state index in [0.29, 0.717) is 17.1 Å². The van der Waals surface area contributed by atoms with Crippen LogP contribution < -0.4 is 10.6 Å². The van der Waals surface area contributed by atoms with E-state index in [4.69, 9.17) is 17.3 Å². The van der Waals surface area contributed by atoms with Gasteiger partial charge in [-0.25, -0.2) is 4.98 Å². The first-order chi connectivity index (χ1) is 10.7. The van der Waals surface area contributed by atoms with Crippen LogP contribution in [0.5, 0.6) is 0 Å². The van der Waals surface area contributed by atoms with E-state index in [0.717, 1.165) is 37.6 Å². The Morgan fingerprint density at radius 3 is 2.86 bits per heavy atom. The number of nitrogens with two attached hydrogens (primary N) is 1. The highest BCUT2D eigenvalue weighted by Gasteiger charge is 2.31. The second-order valence-electron chi connectivity index (χ2n) is 6.02. The number of aromatic nitrogens is 5. The smallest absolute Gasteiger partial charge is 0.223 e. The van der Waals surface area contributed by atoms with Gasteiger partial charge in [-0.1, -0.05) is 11.6 Å². The molecule has 0 aromatic carbocycles. The predicted molar refractivity (Wildman–Crippen MR) is 83.9 cm³/mol. The maximum atomic E-state index is 6.00. The molecule has 0 spiro atoms. The minimum atomic E-state index is 0.214. The molecule has 1 atom stereocenters. The summed E-state index contributed by atoms with van der Waals surface area (Å²) in [6.45, 7) is 1.80. The summed E-state index contributed by atoms with van der Waals surface area (Å²) >= 11 is 6.00. The van der Waals surface area contributed by atoms with Crippen LogP contribution in [0, 0.1) is 0 Å². The minimum Gasteiger partial charge on any atom is -0.368 e. The molecule has 3 heterocycles. The zero-order chi connectivity index (χ0) is 15.1. The number of rotatable bonds is 3. The van der Waals surface area contributed by atoms with Crippen molar-refractivity contribution >= 4 is 23.4 Å². The number of piperidine rings is 1. The van der Waals surface area contributed by atoms with Gasteiger partial charge < -0.3 is 15.2 Å². The Kier molecular flexibility index (Phi) is 3.37. The van der Waals surface area contributed by atoms with E-state index in [1.165, 1.54) is 12.8 Å². The minimum absolute atomic E-state index is 0.214. The lowest BCUT2D eigenvalue weighted by Crippen LogP contribution is -2.36. The fourth-order valence-corrected chi connectivity index (χ4v) is 3.34. The average molecular weight is 320 g/mol. The third-order valence-corrected chi connectivity index (χ3v) is 4.54. The standard InChI is InChI=1S/C14H18ClN7/c15-11-6-12(19-14(16)18-11)21-5-1-2-9(7-21)13-20-17-8-22(13)10-3-4-10/h6,8-10H,1-5,7H2,(H2,16,18,19). The fourth-order valence-electron chi connectivity index (χ4n) is 3.16. The van der Waals surface area contributed by atoms with E-state index in [1.54, 1.807) is 6.07 Å². The lowest BCUT2D eigenvalue weighted by Gasteiger charge is -2.33. The Bertz CT molecular complexity index is 661. The largest absolute Gasteiger partial charge is 0.368 e. The van der Waals surface area contributed by atoms with Crippen molar-refractivity contribution in [3.05, 3.63) is 23.4 Å². The molecule has 2 aromatic heterocycles. The molecule has 1 saturated heterocycles. The van der Waals surface area contributed by atoms with Gasteiger partial charge in [0.15, 0.2) is 0 Å². The summed E-state index contributed by atoms with van der Waals surface area (Å²) in [5.74, 6) is 2.47. The Morgan fingerprint density at radius 2 is 2.09 bits per heavy atom. The topological polar surface area (TPSA) is 85.8 Å². The lowest BCUT2D eigenvalue weighted by atomic mass is 9.97. The van der Waals surface area contributed by atoms with Crippen LogP contribution in [0.2, 0.25) is 5.15 Å². The van der Waals surface area contributed by atoms with Crippen molar-refractivity contribution in [2.24, 2.45) is 0 Å². The third-order valence-electron chi connectivity index (χ3n) is 4.35. The second-order valence-corrected chi connectivity index (χ2v) is 6.41. The number of hydrogen-bond donors (Lipinski definition) is 1. The van der Waals surface area contributed by atoms with Crippen LogP contribution in [0.1, 0.15) is 43.5 Å². The van der Waals surface area contributed by atoms with Gasteiger partial charge in [-0.3, -0.25) is 0 Å². The molecular weight excluding hydrogens is 302 g/mol.